The van der Waals surface area contributed by atoms with Crippen LogP contribution in [0.1, 0.15) is 12.8 Å². The summed E-state index contributed by atoms with van der Waals surface area (Å²) in [5.74, 6) is 4.35. The Morgan fingerprint density at radius 2 is 1.83 bits per heavy atom. The van der Waals surface area contributed by atoms with Crippen LogP contribution in [0.2, 0.25) is 0 Å². The fraction of sp³-hybridized carbons (Fsp3) is 0.500. The van der Waals surface area contributed by atoms with E-state index in [0.717, 1.165) is 48.7 Å². The zero-order valence-corrected chi connectivity index (χ0v) is 14.6. The standard InChI is InChI=1S/C18H23N5S/c1-2-18(22-21-17(1)15-3-7-19-8-4-15)23-12-14(13-23)11-20-16-5-9-24-10-6-16/h1-4,7-8,14,16,20H,5-6,9-13H2. The lowest BCUT2D eigenvalue weighted by Crippen LogP contribution is -2.52. The summed E-state index contributed by atoms with van der Waals surface area (Å²) in [7, 11) is 0. The molecule has 0 aliphatic carbocycles. The molecule has 0 spiro atoms. The first-order valence-corrected chi connectivity index (χ1v) is 9.84. The predicted molar refractivity (Wildman–Crippen MR) is 99.3 cm³/mol. The quantitative estimate of drug-likeness (QED) is 0.902. The maximum absolute atomic E-state index is 4.39. The van der Waals surface area contributed by atoms with Gasteiger partial charge in [-0.15, -0.1) is 10.2 Å². The van der Waals surface area contributed by atoms with E-state index in [9.17, 15) is 0 Å². The molecule has 0 amide bonds. The lowest BCUT2D eigenvalue weighted by Gasteiger charge is -2.40. The van der Waals surface area contributed by atoms with E-state index in [4.69, 9.17) is 0 Å². The minimum absolute atomic E-state index is 0.736. The van der Waals surface area contributed by atoms with Gasteiger partial charge in [0.25, 0.3) is 0 Å². The first-order valence-electron chi connectivity index (χ1n) is 8.69. The predicted octanol–water partition coefficient (Wildman–Crippen LogP) is 2.46. The zero-order valence-electron chi connectivity index (χ0n) is 13.8. The van der Waals surface area contributed by atoms with Crippen LogP contribution >= 0.6 is 11.8 Å². The molecule has 2 aliphatic rings. The Balaban J connectivity index is 1.26. The van der Waals surface area contributed by atoms with Crippen molar-refractivity contribution >= 4 is 17.6 Å². The molecule has 0 bridgehead atoms. The van der Waals surface area contributed by atoms with Crippen LogP contribution in [0.5, 0.6) is 0 Å². The van der Waals surface area contributed by atoms with Crippen molar-refractivity contribution in [3.63, 3.8) is 0 Å². The fourth-order valence-electron chi connectivity index (χ4n) is 3.29. The van der Waals surface area contributed by atoms with Gasteiger partial charge in [0.05, 0.1) is 5.69 Å². The SMILES string of the molecule is c1cc(-c2ccc(N3CC(CNC4CCSCC4)C3)nn2)ccn1. The van der Waals surface area contributed by atoms with Gasteiger partial charge in [0.1, 0.15) is 0 Å². The van der Waals surface area contributed by atoms with Crippen molar-refractivity contribution in [2.75, 3.05) is 36.0 Å². The summed E-state index contributed by atoms with van der Waals surface area (Å²) in [5, 5.41) is 12.5. The van der Waals surface area contributed by atoms with E-state index >= 15 is 0 Å². The Hall–Kier alpha value is -1.66. The van der Waals surface area contributed by atoms with Gasteiger partial charge in [-0.05, 0) is 48.6 Å². The third-order valence-corrected chi connectivity index (χ3v) is 5.87. The molecule has 1 N–H and O–H groups in total. The van der Waals surface area contributed by atoms with Crippen molar-refractivity contribution in [1.29, 1.82) is 0 Å². The van der Waals surface area contributed by atoms with Gasteiger partial charge < -0.3 is 10.2 Å². The average Bonchev–Trinajstić information content (AvgIpc) is 2.62. The van der Waals surface area contributed by atoms with Crippen LogP contribution in [0.15, 0.2) is 36.7 Å². The second kappa shape index (κ2) is 7.49. The summed E-state index contributed by atoms with van der Waals surface area (Å²) >= 11 is 2.08. The molecule has 2 aliphatic heterocycles. The van der Waals surface area contributed by atoms with E-state index in [1.54, 1.807) is 12.4 Å². The topological polar surface area (TPSA) is 53.9 Å². The van der Waals surface area contributed by atoms with E-state index in [2.05, 4.69) is 43.2 Å². The molecule has 2 saturated heterocycles. The first-order chi connectivity index (χ1) is 11.9. The van der Waals surface area contributed by atoms with E-state index in [1.807, 2.05) is 18.2 Å². The van der Waals surface area contributed by atoms with E-state index < -0.39 is 0 Å². The van der Waals surface area contributed by atoms with E-state index in [0.29, 0.717) is 0 Å². The molecule has 2 aromatic heterocycles. The van der Waals surface area contributed by atoms with Crippen LogP contribution in [0.25, 0.3) is 11.3 Å². The smallest absolute Gasteiger partial charge is 0.151 e. The van der Waals surface area contributed by atoms with Crippen molar-refractivity contribution in [3.8, 4) is 11.3 Å². The third kappa shape index (κ3) is 3.70. The highest BCUT2D eigenvalue weighted by Gasteiger charge is 2.28. The van der Waals surface area contributed by atoms with E-state index in [1.165, 1.54) is 24.3 Å². The van der Waals surface area contributed by atoms with Gasteiger partial charge in [0.2, 0.25) is 0 Å². The van der Waals surface area contributed by atoms with Crippen molar-refractivity contribution < 1.29 is 0 Å². The van der Waals surface area contributed by atoms with Crippen molar-refractivity contribution in [2.24, 2.45) is 5.92 Å². The van der Waals surface area contributed by atoms with Crippen molar-refractivity contribution in [3.05, 3.63) is 36.7 Å². The Morgan fingerprint density at radius 3 is 2.54 bits per heavy atom. The summed E-state index contributed by atoms with van der Waals surface area (Å²) in [6, 6.07) is 8.77. The normalized spacial score (nSPS) is 19.2. The monoisotopic (exact) mass is 341 g/mol. The lowest BCUT2D eigenvalue weighted by molar-refractivity contribution is 0.351. The number of hydrogen-bond donors (Lipinski definition) is 1. The first kappa shape index (κ1) is 15.8. The molecule has 2 aromatic rings. The molecule has 0 atom stereocenters. The summed E-state index contributed by atoms with van der Waals surface area (Å²) in [4.78, 5) is 6.35. The lowest BCUT2D eigenvalue weighted by atomic mass is 9.99. The van der Waals surface area contributed by atoms with Crippen LogP contribution < -0.4 is 10.2 Å². The third-order valence-electron chi connectivity index (χ3n) is 4.82. The number of rotatable bonds is 5. The Bertz CT molecular complexity index is 636. The van der Waals surface area contributed by atoms with Crippen molar-refractivity contribution in [1.82, 2.24) is 20.5 Å². The summed E-state index contributed by atoms with van der Waals surface area (Å²) in [5.41, 5.74) is 1.95. The number of anilines is 1. The molecule has 6 heteroatoms. The van der Waals surface area contributed by atoms with Gasteiger partial charge in [-0.3, -0.25) is 4.98 Å². The molecule has 0 unspecified atom stereocenters. The van der Waals surface area contributed by atoms with Crippen molar-refractivity contribution in [2.45, 2.75) is 18.9 Å². The van der Waals surface area contributed by atoms with Crippen LogP contribution in [-0.4, -0.2) is 52.4 Å². The number of hydrogen-bond acceptors (Lipinski definition) is 6. The summed E-state index contributed by atoms with van der Waals surface area (Å²) in [6.45, 7) is 3.30. The molecule has 4 rings (SSSR count). The van der Waals surface area contributed by atoms with Gasteiger partial charge in [-0.2, -0.15) is 11.8 Å². The highest BCUT2D eigenvalue weighted by atomic mass is 32.2. The average molecular weight is 341 g/mol. The van der Waals surface area contributed by atoms with Crippen LogP contribution in [0.4, 0.5) is 5.82 Å². The number of nitrogens with one attached hydrogen (secondary N) is 1. The Kier molecular flexibility index (Phi) is 4.94. The molecular weight excluding hydrogens is 318 g/mol. The molecule has 5 nitrogen and oxygen atoms in total. The number of nitrogens with zero attached hydrogens (tertiary/aromatic N) is 4. The Morgan fingerprint density at radius 1 is 1.04 bits per heavy atom. The number of pyridine rings is 1. The molecule has 0 radical (unpaired) electrons. The maximum Gasteiger partial charge on any atom is 0.151 e. The number of thioether (sulfide) groups is 1. The van der Waals surface area contributed by atoms with Gasteiger partial charge >= 0.3 is 0 Å². The molecule has 4 heterocycles. The van der Waals surface area contributed by atoms with Gasteiger partial charge in [0, 0.05) is 49.6 Å². The van der Waals surface area contributed by atoms with Gasteiger partial charge in [0.15, 0.2) is 5.82 Å². The highest BCUT2D eigenvalue weighted by molar-refractivity contribution is 7.99. The molecular formula is C18H23N5S. The molecule has 0 saturated carbocycles. The maximum atomic E-state index is 4.39. The second-order valence-corrected chi connectivity index (χ2v) is 7.80. The molecule has 0 aromatic carbocycles. The Labute approximate surface area is 147 Å². The van der Waals surface area contributed by atoms with Crippen LogP contribution in [0.3, 0.4) is 0 Å². The molecule has 126 valence electrons. The van der Waals surface area contributed by atoms with Gasteiger partial charge in [-0.1, -0.05) is 0 Å². The minimum Gasteiger partial charge on any atom is -0.354 e. The zero-order chi connectivity index (χ0) is 16.2. The highest BCUT2D eigenvalue weighted by Crippen LogP contribution is 2.24. The van der Waals surface area contributed by atoms with Crippen LogP contribution in [0, 0.1) is 5.92 Å². The van der Waals surface area contributed by atoms with E-state index in [-0.39, 0.29) is 0 Å². The second-order valence-electron chi connectivity index (χ2n) is 6.58. The minimum atomic E-state index is 0.736. The largest absolute Gasteiger partial charge is 0.354 e. The fourth-order valence-corrected chi connectivity index (χ4v) is 4.40. The summed E-state index contributed by atoms with van der Waals surface area (Å²) in [6.07, 6.45) is 6.21. The summed E-state index contributed by atoms with van der Waals surface area (Å²) < 4.78 is 0. The molecule has 2 fully saturated rings. The van der Waals surface area contributed by atoms with Gasteiger partial charge in [-0.25, -0.2) is 0 Å². The van der Waals surface area contributed by atoms with Crippen LogP contribution in [-0.2, 0) is 0 Å². The number of aromatic nitrogens is 3. The molecule has 24 heavy (non-hydrogen) atoms.